The largest absolute Gasteiger partial charge is 0.332 e. The highest BCUT2D eigenvalue weighted by atomic mass is 35.5. The lowest BCUT2D eigenvalue weighted by molar-refractivity contribution is -0.682. The van der Waals surface area contributed by atoms with Gasteiger partial charge < -0.3 is 10.6 Å². The predicted octanol–water partition coefficient (Wildman–Crippen LogP) is 3.27. The standard InChI is InChI=1S/C17H14Cl2FN3O/c1-10(12-6-15(20)14(19)7-13(12)18)22-9-17(24)23-16-5-3-2-4-11(16)8-21/h2-7,10,22H,9H2,1H3,(H,23,24)/p+1/t10-/m1/s1. The molecular weight excluding hydrogens is 352 g/mol. The van der Waals surface area contributed by atoms with E-state index in [1.54, 1.807) is 29.6 Å². The fraction of sp³-hybridized carbons (Fsp3) is 0.176. The average molecular weight is 367 g/mol. The van der Waals surface area contributed by atoms with Crippen LogP contribution >= 0.6 is 23.2 Å². The molecular formula is C17H15Cl2FN3O+. The molecule has 0 aliphatic rings. The molecule has 1 amide bonds. The Bertz CT molecular complexity index is 805. The van der Waals surface area contributed by atoms with Crippen LogP contribution in [0.2, 0.25) is 10.0 Å². The number of halogens is 3. The van der Waals surface area contributed by atoms with Crippen molar-refractivity contribution in [2.24, 2.45) is 0 Å². The molecule has 7 heteroatoms. The highest BCUT2D eigenvalue weighted by molar-refractivity contribution is 6.35. The lowest BCUT2D eigenvalue weighted by Gasteiger charge is -2.13. The lowest BCUT2D eigenvalue weighted by Crippen LogP contribution is -2.86. The molecule has 0 spiro atoms. The van der Waals surface area contributed by atoms with E-state index in [9.17, 15) is 9.18 Å². The third-order valence-electron chi connectivity index (χ3n) is 3.51. The maximum absolute atomic E-state index is 13.6. The molecule has 2 aromatic rings. The highest BCUT2D eigenvalue weighted by Crippen LogP contribution is 2.27. The monoisotopic (exact) mass is 366 g/mol. The Labute approximate surface area is 149 Å². The van der Waals surface area contributed by atoms with Gasteiger partial charge in [-0.15, -0.1) is 0 Å². The average Bonchev–Trinajstić information content (AvgIpc) is 2.56. The Hall–Kier alpha value is -2.13. The minimum absolute atomic E-state index is 0.0400. The molecule has 0 radical (unpaired) electrons. The van der Waals surface area contributed by atoms with E-state index in [0.717, 1.165) is 0 Å². The van der Waals surface area contributed by atoms with Crippen molar-refractivity contribution in [3.63, 3.8) is 0 Å². The van der Waals surface area contributed by atoms with Crippen LogP contribution in [0.3, 0.4) is 0 Å². The van der Waals surface area contributed by atoms with Gasteiger partial charge in [0, 0.05) is 5.56 Å². The smallest absolute Gasteiger partial charge is 0.279 e. The van der Waals surface area contributed by atoms with E-state index >= 15 is 0 Å². The minimum Gasteiger partial charge on any atom is -0.332 e. The first kappa shape index (κ1) is 18.2. The Morgan fingerprint density at radius 2 is 2.04 bits per heavy atom. The summed E-state index contributed by atoms with van der Waals surface area (Å²) in [5, 5.41) is 13.7. The third kappa shape index (κ3) is 4.45. The number of nitrogens with one attached hydrogen (secondary N) is 1. The number of carbonyl (C=O) groups excluding carboxylic acids is 1. The van der Waals surface area contributed by atoms with Crippen molar-refractivity contribution in [1.82, 2.24) is 0 Å². The second-order valence-corrected chi connectivity index (χ2v) is 6.04. The van der Waals surface area contributed by atoms with Crippen molar-refractivity contribution in [3.8, 4) is 6.07 Å². The van der Waals surface area contributed by atoms with Crippen molar-refractivity contribution in [3.05, 3.63) is 63.4 Å². The maximum atomic E-state index is 13.6. The molecule has 0 aliphatic carbocycles. The van der Waals surface area contributed by atoms with Gasteiger partial charge in [-0.1, -0.05) is 35.3 Å². The molecule has 0 unspecified atom stereocenters. The molecule has 0 saturated heterocycles. The Morgan fingerprint density at radius 3 is 2.75 bits per heavy atom. The van der Waals surface area contributed by atoms with Gasteiger partial charge in [-0.25, -0.2) is 4.39 Å². The molecule has 4 nitrogen and oxygen atoms in total. The molecule has 124 valence electrons. The summed E-state index contributed by atoms with van der Waals surface area (Å²) in [6.07, 6.45) is 0. The number of amides is 1. The van der Waals surface area contributed by atoms with Crippen molar-refractivity contribution in [2.75, 3.05) is 11.9 Å². The number of nitrogens with zero attached hydrogens (tertiary/aromatic N) is 1. The Kier molecular flexibility index (Phi) is 6.16. The van der Waals surface area contributed by atoms with Crippen molar-refractivity contribution in [2.45, 2.75) is 13.0 Å². The fourth-order valence-electron chi connectivity index (χ4n) is 2.19. The molecule has 24 heavy (non-hydrogen) atoms. The summed E-state index contributed by atoms with van der Waals surface area (Å²) in [7, 11) is 0. The molecule has 0 bridgehead atoms. The number of para-hydroxylation sites is 1. The van der Waals surface area contributed by atoms with Crippen LogP contribution in [-0.2, 0) is 4.79 Å². The van der Waals surface area contributed by atoms with Gasteiger partial charge in [0.05, 0.1) is 21.3 Å². The predicted molar refractivity (Wildman–Crippen MR) is 91.4 cm³/mol. The van der Waals surface area contributed by atoms with Crippen LogP contribution in [0.5, 0.6) is 0 Å². The second kappa shape index (κ2) is 8.11. The number of anilines is 1. The molecule has 3 N–H and O–H groups in total. The minimum atomic E-state index is -0.552. The quantitative estimate of drug-likeness (QED) is 0.797. The van der Waals surface area contributed by atoms with Crippen LogP contribution in [0.15, 0.2) is 36.4 Å². The van der Waals surface area contributed by atoms with Crippen LogP contribution in [-0.4, -0.2) is 12.5 Å². The lowest BCUT2D eigenvalue weighted by atomic mass is 10.1. The fourth-order valence-corrected chi connectivity index (χ4v) is 2.74. The molecule has 2 aromatic carbocycles. The third-order valence-corrected chi connectivity index (χ3v) is 4.13. The van der Waals surface area contributed by atoms with Crippen LogP contribution in [0.25, 0.3) is 0 Å². The highest BCUT2D eigenvalue weighted by Gasteiger charge is 2.17. The number of benzene rings is 2. The topological polar surface area (TPSA) is 69.5 Å². The van der Waals surface area contributed by atoms with Crippen LogP contribution in [0, 0.1) is 17.1 Å². The van der Waals surface area contributed by atoms with Crippen molar-refractivity contribution in [1.29, 1.82) is 5.26 Å². The number of nitrogens with two attached hydrogens (primary N) is 1. The van der Waals surface area contributed by atoms with Crippen molar-refractivity contribution >= 4 is 34.8 Å². The first-order valence-electron chi connectivity index (χ1n) is 7.19. The molecule has 0 fully saturated rings. The Balaban J connectivity index is 1.99. The molecule has 0 saturated carbocycles. The van der Waals surface area contributed by atoms with E-state index in [1.165, 1.54) is 12.1 Å². The summed E-state index contributed by atoms with van der Waals surface area (Å²) in [6, 6.07) is 11.1. The Morgan fingerprint density at radius 1 is 1.33 bits per heavy atom. The van der Waals surface area contributed by atoms with E-state index in [4.69, 9.17) is 28.5 Å². The van der Waals surface area contributed by atoms with Gasteiger partial charge in [0.25, 0.3) is 5.91 Å². The number of rotatable bonds is 5. The summed E-state index contributed by atoms with van der Waals surface area (Å²) in [5.41, 5.74) is 1.41. The van der Waals surface area contributed by atoms with Crippen molar-refractivity contribution < 1.29 is 14.5 Å². The van der Waals surface area contributed by atoms with E-state index in [-0.39, 0.29) is 23.5 Å². The zero-order chi connectivity index (χ0) is 17.7. The normalized spacial score (nSPS) is 11.6. The van der Waals surface area contributed by atoms with E-state index in [1.807, 2.05) is 13.0 Å². The van der Waals surface area contributed by atoms with Gasteiger partial charge in [-0.05, 0) is 31.2 Å². The van der Waals surface area contributed by atoms with Gasteiger partial charge in [0.15, 0.2) is 6.54 Å². The van der Waals surface area contributed by atoms with E-state index in [2.05, 4.69) is 5.32 Å². The zero-order valence-electron chi connectivity index (χ0n) is 12.8. The van der Waals surface area contributed by atoms with E-state index < -0.39 is 5.82 Å². The van der Waals surface area contributed by atoms with Gasteiger partial charge >= 0.3 is 0 Å². The second-order valence-electron chi connectivity index (χ2n) is 5.22. The molecule has 2 rings (SSSR count). The molecule has 0 heterocycles. The van der Waals surface area contributed by atoms with Crippen LogP contribution < -0.4 is 10.6 Å². The van der Waals surface area contributed by atoms with Crippen LogP contribution in [0.4, 0.5) is 10.1 Å². The summed E-state index contributed by atoms with van der Waals surface area (Å²) in [6.45, 7) is 1.91. The van der Waals surface area contributed by atoms with Crippen LogP contribution in [0.1, 0.15) is 24.1 Å². The molecule has 0 aliphatic heterocycles. The molecule has 1 atom stereocenters. The summed E-state index contributed by atoms with van der Waals surface area (Å²) in [5.74, 6) is -0.821. The summed E-state index contributed by atoms with van der Waals surface area (Å²) in [4.78, 5) is 12.0. The van der Waals surface area contributed by atoms with Gasteiger partial charge in [-0.2, -0.15) is 5.26 Å². The number of carbonyl (C=O) groups is 1. The SMILES string of the molecule is C[C@@H]([NH2+]CC(=O)Nc1ccccc1C#N)c1cc(F)c(Cl)cc1Cl. The van der Waals surface area contributed by atoms with Gasteiger partial charge in [0.2, 0.25) is 0 Å². The maximum Gasteiger partial charge on any atom is 0.279 e. The zero-order valence-corrected chi connectivity index (χ0v) is 14.3. The number of nitriles is 1. The number of hydrogen-bond acceptors (Lipinski definition) is 2. The molecule has 0 aromatic heterocycles. The number of quaternary nitrogens is 1. The van der Waals surface area contributed by atoms with E-state index in [0.29, 0.717) is 21.8 Å². The number of hydrogen-bond donors (Lipinski definition) is 2. The van der Waals surface area contributed by atoms with Gasteiger partial charge in [0.1, 0.15) is 17.9 Å². The first-order valence-corrected chi connectivity index (χ1v) is 7.94. The van der Waals surface area contributed by atoms with Gasteiger partial charge in [-0.3, -0.25) is 4.79 Å². The summed E-state index contributed by atoms with van der Waals surface area (Å²) >= 11 is 11.8. The first-order chi connectivity index (χ1) is 11.4. The summed E-state index contributed by atoms with van der Waals surface area (Å²) < 4.78 is 13.6.